The largest absolute Gasteiger partial charge is 0.384 e. The van der Waals surface area contributed by atoms with E-state index in [1.807, 2.05) is 6.92 Å². The molecule has 3 nitrogen and oxygen atoms in total. The maximum Gasteiger partial charge on any atom is 0.258 e. The van der Waals surface area contributed by atoms with Gasteiger partial charge in [-0.05, 0) is 42.8 Å². The van der Waals surface area contributed by atoms with Gasteiger partial charge in [-0.2, -0.15) is 0 Å². The summed E-state index contributed by atoms with van der Waals surface area (Å²) < 4.78 is 13.5. The second-order valence-corrected chi connectivity index (χ2v) is 4.42. The first kappa shape index (κ1) is 14.8. The normalized spacial score (nSPS) is 9.67. The lowest BCUT2D eigenvalue weighted by Gasteiger charge is -2.08. The number of aryl methyl sites for hydroxylation is 1. The van der Waals surface area contributed by atoms with E-state index in [-0.39, 0.29) is 12.2 Å². The molecule has 4 heteroatoms. The summed E-state index contributed by atoms with van der Waals surface area (Å²) in [6.07, 6.45) is 0. The molecule has 0 aromatic heterocycles. The maximum absolute atomic E-state index is 13.5. The Morgan fingerprint density at radius 2 is 2.05 bits per heavy atom. The first-order valence-corrected chi connectivity index (χ1v) is 6.38. The number of aliphatic hydroxyl groups is 1. The minimum Gasteiger partial charge on any atom is -0.384 e. The lowest BCUT2D eigenvalue weighted by atomic mass is 10.1. The van der Waals surface area contributed by atoms with Gasteiger partial charge in [0.1, 0.15) is 12.4 Å². The van der Waals surface area contributed by atoms with E-state index in [2.05, 4.69) is 17.2 Å². The van der Waals surface area contributed by atoms with Crippen LogP contribution < -0.4 is 5.32 Å². The molecule has 0 radical (unpaired) electrons. The zero-order valence-corrected chi connectivity index (χ0v) is 11.5. The van der Waals surface area contributed by atoms with Gasteiger partial charge in [0.15, 0.2) is 0 Å². The Morgan fingerprint density at radius 1 is 1.29 bits per heavy atom. The van der Waals surface area contributed by atoms with Crippen LogP contribution in [-0.2, 0) is 0 Å². The van der Waals surface area contributed by atoms with Crippen molar-refractivity contribution in [2.45, 2.75) is 6.92 Å². The maximum atomic E-state index is 13.5. The van der Waals surface area contributed by atoms with Gasteiger partial charge in [0, 0.05) is 11.3 Å². The summed E-state index contributed by atoms with van der Waals surface area (Å²) in [7, 11) is 0. The van der Waals surface area contributed by atoms with Crippen molar-refractivity contribution in [1.82, 2.24) is 0 Å². The van der Waals surface area contributed by atoms with Crippen LogP contribution in [0.25, 0.3) is 0 Å². The lowest BCUT2D eigenvalue weighted by Crippen LogP contribution is -2.13. The number of rotatable bonds is 2. The molecular formula is C17H14FNO2. The van der Waals surface area contributed by atoms with Crippen LogP contribution in [0.1, 0.15) is 21.5 Å². The van der Waals surface area contributed by atoms with E-state index in [1.165, 1.54) is 18.2 Å². The summed E-state index contributed by atoms with van der Waals surface area (Å²) in [5, 5.41) is 11.3. The minimum atomic E-state index is -0.558. The van der Waals surface area contributed by atoms with Crippen LogP contribution >= 0.6 is 0 Å². The van der Waals surface area contributed by atoms with Crippen molar-refractivity contribution in [1.29, 1.82) is 0 Å². The second kappa shape index (κ2) is 6.69. The van der Waals surface area contributed by atoms with Gasteiger partial charge >= 0.3 is 0 Å². The fraction of sp³-hybridized carbons (Fsp3) is 0.118. The number of benzene rings is 2. The highest BCUT2D eigenvalue weighted by Gasteiger charge is 2.11. The highest BCUT2D eigenvalue weighted by molar-refractivity contribution is 6.04. The van der Waals surface area contributed by atoms with Crippen molar-refractivity contribution in [3.63, 3.8) is 0 Å². The Hall–Kier alpha value is -2.64. The number of hydrogen-bond acceptors (Lipinski definition) is 2. The van der Waals surface area contributed by atoms with Crippen molar-refractivity contribution in [3.8, 4) is 11.8 Å². The van der Waals surface area contributed by atoms with Gasteiger partial charge in [0.05, 0.1) is 5.56 Å². The fourth-order valence-corrected chi connectivity index (χ4v) is 1.86. The number of carbonyl (C=O) groups is 1. The van der Waals surface area contributed by atoms with Crippen molar-refractivity contribution < 1.29 is 14.3 Å². The molecule has 0 saturated carbocycles. The van der Waals surface area contributed by atoms with Crippen LogP contribution in [0.4, 0.5) is 10.1 Å². The molecule has 2 N–H and O–H groups in total. The van der Waals surface area contributed by atoms with Crippen molar-refractivity contribution in [3.05, 3.63) is 65.0 Å². The van der Waals surface area contributed by atoms with Crippen molar-refractivity contribution in [2.24, 2.45) is 0 Å². The zero-order chi connectivity index (χ0) is 15.2. The molecule has 0 saturated heterocycles. The van der Waals surface area contributed by atoms with E-state index in [0.29, 0.717) is 5.69 Å². The highest BCUT2D eigenvalue weighted by Crippen LogP contribution is 2.16. The molecule has 0 atom stereocenters. The van der Waals surface area contributed by atoms with Gasteiger partial charge < -0.3 is 10.4 Å². The van der Waals surface area contributed by atoms with Crippen LogP contribution in [0.2, 0.25) is 0 Å². The predicted octanol–water partition coefficient (Wildman–Crippen LogP) is 2.73. The smallest absolute Gasteiger partial charge is 0.258 e. The molecule has 0 fully saturated rings. The Labute approximate surface area is 122 Å². The topological polar surface area (TPSA) is 49.3 Å². The van der Waals surface area contributed by atoms with Crippen LogP contribution in [-0.4, -0.2) is 17.6 Å². The van der Waals surface area contributed by atoms with E-state index >= 15 is 0 Å². The summed E-state index contributed by atoms with van der Waals surface area (Å²) in [5.41, 5.74) is 2.20. The average molecular weight is 283 g/mol. The van der Waals surface area contributed by atoms with E-state index in [9.17, 15) is 9.18 Å². The molecule has 0 bridgehead atoms. The third-order valence-electron chi connectivity index (χ3n) is 2.90. The SMILES string of the molecule is Cc1cc(NC(=O)c2ccccc2F)ccc1C#CCO. The molecule has 0 aliphatic carbocycles. The summed E-state index contributed by atoms with van der Waals surface area (Å²) in [4.78, 5) is 12.0. The van der Waals surface area contributed by atoms with Crippen LogP contribution in [0.5, 0.6) is 0 Å². The molecule has 2 aromatic carbocycles. The number of anilines is 1. The highest BCUT2D eigenvalue weighted by atomic mass is 19.1. The molecule has 0 spiro atoms. The van der Waals surface area contributed by atoms with Gasteiger partial charge in [0.2, 0.25) is 0 Å². The van der Waals surface area contributed by atoms with Gasteiger partial charge in [-0.3, -0.25) is 4.79 Å². The summed E-state index contributed by atoms with van der Waals surface area (Å²) >= 11 is 0. The summed E-state index contributed by atoms with van der Waals surface area (Å²) in [6.45, 7) is 1.64. The fourth-order valence-electron chi connectivity index (χ4n) is 1.86. The van der Waals surface area contributed by atoms with Gasteiger partial charge in [0.25, 0.3) is 5.91 Å². The number of carbonyl (C=O) groups excluding carboxylic acids is 1. The summed E-state index contributed by atoms with van der Waals surface area (Å²) in [6, 6.07) is 11.0. The van der Waals surface area contributed by atoms with E-state index < -0.39 is 11.7 Å². The Morgan fingerprint density at radius 3 is 2.71 bits per heavy atom. The molecule has 0 unspecified atom stereocenters. The monoisotopic (exact) mass is 283 g/mol. The van der Waals surface area contributed by atoms with Gasteiger partial charge in [-0.15, -0.1) is 0 Å². The predicted molar refractivity (Wildman–Crippen MR) is 79.5 cm³/mol. The van der Waals surface area contributed by atoms with Crippen molar-refractivity contribution in [2.75, 3.05) is 11.9 Å². The van der Waals surface area contributed by atoms with Crippen LogP contribution in [0.15, 0.2) is 42.5 Å². The Balaban J connectivity index is 2.19. The Bertz CT molecular complexity index is 729. The average Bonchev–Trinajstić information content (AvgIpc) is 2.47. The molecule has 1 amide bonds. The number of hydrogen-bond donors (Lipinski definition) is 2. The molecule has 2 aromatic rings. The molecule has 0 heterocycles. The zero-order valence-electron chi connectivity index (χ0n) is 11.5. The number of aliphatic hydroxyl groups excluding tert-OH is 1. The molecule has 2 rings (SSSR count). The molecule has 21 heavy (non-hydrogen) atoms. The van der Waals surface area contributed by atoms with Crippen LogP contribution in [0.3, 0.4) is 0 Å². The van der Waals surface area contributed by atoms with Gasteiger partial charge in [-0.1, -0.05) is 24.0 Å². The number of halogens is 1. The quantitative estimate of drug-likeness (QED) is 0.833. The number of nitrogens with one attached hydrogen (secondary N) is 1. The summed E-state index contributed by atoms with van der Waals surface area (Å²) in [5.74, 6) is 4.32. The number of amides is 1. The van der Waals surface area contributed by atoms with Crippen molar-refractivity contribution >= 4 is 11.6 Å². The molecular weight excluding hydrogens is 269 g/mol. The second-order valence-electron chi connectivity index (χ2n) is 4.42. The Kier molecular flexibility index (Phi) is 4.70. The molecule has 0 aliphatic heterocycles. The van der Waals surface area contributed by atoms with E-state index in [0.717, 1.165) is 11.1 Å². The third-order valence-corrected chi connectivity index (χ3v) is 2.90. The first-order chi connectivity index (χ1) is 10.1. The van der Waals surface area contributed by atoms with Gasteiger partial charge in [-0.25, -0.2) is 4.39 Å². The molecule has 106 valence electrons. The van der Waals surface area contributed by atoms with Crippen LogP contribution in [0, 0.1) is 24.6 Å². The third kappa shape index (κ3) is 3.68. The van der Waals surface area contributed by atoms with E-state index in [1.54, 1.807) is 24.3 Å². The molecule has 0 aliphatic rings. The first-order valence-electron chi connectivity index (χ1n) is 6.38. The minimum absolute atomic E-state index is 0.000647. The standard InChI is InChI=1S/C17H14FNO2/c1-12-11-14(9-8-13(12)5-4-10-20)19-17(21)15-6-2-3-7-16(15)18/h2-3,6-9,11,20H,10H2,1H3,(H,19,21). The van der Waals surface area contributed by atoms with E-state index in [4.69, 9.17) is 5.11 Å². The lowest BCUT2D eigenvalue weighted by molar-refractivity contribution is 0.102.